The van der Waals surface area contributed by atoms with Gasteiger partial charge in [0.25, 0.3) is 5.91 Å². The van der Waals surface area contributed by atoms with Gasteiger partial charge in [0.2, 0.25) is 6.29 Å². The van der Waals surface area contributed by atoms with E-state index in [1.54, 1.807) is 7.05 Å². The van der Waals surface area contributed by atoms with Gasteiger partial charge in [0.15, 0.2) is 6.29 Å². The van der Waals surface area contributed by atoms with Crippen molar-refractivity contribution in [2.24, 2.45) is 28.9 Å². The van der Waals surface area contributed by atoms with E-state index in [-0.39, 0.29) is 38.0 Å². The molecule has 0 aromatic heterocycles. The largest absolute Gasteiger partial charge is 0.467 e. The molecule has 2 aliphatic heterocycles. The summed E-state index contributed by atoms with van der Waals surface area (Å²) in [5.74, 6) is 0.548. The van der Waals surface area contributed by atoms with E-state index in [4.69, 9.17) is 41.9 Å². The molecule has 2 heterocycles. The first-order chi connectivity index (χ1) is 21.2. The molecule has 258 valence electrons. The normalized spacial score (nSPS) is 48.4. The van der Waals surface area contributed by atoms with E-state index in [0.717, 1.165) is 19.4 Å². The van der Waals surface area contributed by atoms with Gasteiger partial charge in [-0.05, 0) is 58.2 Å². The lowest BCUT2D eigenvalue weighted by Crippen LogP contribution is -2.70. The molecule has 3 aliphatic carbocycles. The highest BCUT2D eigenvalue weighted by atomic mass is 16.7. The first kappa shape index (κ1) is 34.8. The number of carbonyl (C=O) groups is 1. The van der Waals surface area contributed by atoms with Crippen molar-refractivity contribution in [3.63, 3.8) is 0 Å². The quantitative estimate of drug-likeness (QED) is 0.101. The number of likely N-dealkylation sites (N-methyl/N-ethyl adjacent to an activating group) is 1. The van der Waals surface area contributed by atoms with Crippen LogP contribution in [0.4, 0.5) is 0 Å². The number of aliphatic hydroxyl groups is 4. The minimum Gasteiger partial charge on any atom is -0.467 e. The van der Waals surface area contributed by atoms with E-state index >= 15 is 0 Å². The van der Waals surface area contributed by atoms with E-state index in [1.807, 2.05) is 6.08 Å². The number of amides is 1. The Bertz CT molecular complexity index is 1060. The lowest BCUT2D eigenvalue weighted by molar-refractivity contribution is -0.304. The van der Waals surface area contributed by atoms with E-state index in [9.17, 15) is 25.2 Å². The fraction of sp³-hybridized carbons (Fsp3) is 0.897. The van der Waals surface area contributed by atoms with Gasteiger partial charge >= 0.3 is 0 Å². The van der Waals surface area contributed by atoms with Crippen molar-refractivity contribution in [3.8, 4) is 0 Å². The fourth-order valence-corrected chi connectivity index (χ4v) is 7.17. The zero-order valence-electron chi connectivity index (χ0n) is 26.1. The van der Waals surface area contributed by atoms with Crippen molar-refractivity contribution in [1.82, 2.24) is 16.0 Å². The van der Waals surface area contributed by atoms with Crippen LogP contribution in [0, 0.1) is 5.92 Å². The number of rotatable bonds is 11. The monoisotopic (exact) mass is 643 g/mol. The number of ether oxygens (including phenoxy) is 4. The Morgan fingerprint density at radius 2 is 1.69 bits per heavy atom. The van der Waals surface area contributed by atoms with Gasteiger partial charge in [-0.15, -0.1) is 0 Å². The van der Waals surface area contributed by atoms with Gasteiger partial charge < -0.3 is 78.3 Å². The molecule has 0 aromatic carbocycles. The molecule has 5 rings (SSSR count). The van der Waals surface area contributed by atoms with E-state index in [1.165, 1.54) is 6.92 Å². The molecular weight excluding hydrogens is 590 g/mol. The number of aliphatic hydroxyl groups excluding tert-OH is 2. The predicted octanol–water partition coefficient (Wildman–Crippen LogP) is -4.47. The molecule has 0 spiro atoms. The summed E-state index contributed by atoms with van der Waals surface area (Å²) in [5.41, 5.74) is 21.5. The summed E-state index contributed by atoms with van der Waals surface area (Å²) < 4.78 is 24.2. The zero-order valence-corrected chi connectivity index (χ0v) is 26.1. The molecule has 5 aliphatic rings. The molecule has 1 amide bonds. The Morgan fingerprint density at radius 3 is 2.33 bits per heavy atom. The van der Waals surface area contributed by atoms with Crippen molar-refractivity contribution in [1.29, 1.82) is 0 Å². The highest BCUT2D eigenvalue weighted by Crippen LogP contribution is 2.35. The summed E-state index contributed by atoms with van der Waals surface area (Å²) >= 11 is 0. The van der Waals surface area contributed by atoms with Gasteiger partial charge in [-0.3, -0.25) is 4.79 Å². The maximum absolute atomic E-state index is 13.1. The molecule has 0 bridgehead atoms. The predicted molar refractivity (Wildman–Crippen MR) is 161 cm³/mol. The first-order valence-corrected chi connectivity index (χ1v) is 16.0. The zero-order chi connectivity index (χ0) is 32.7. The standard InChI is InChI=1S/C29H53N7O9/c1-28(40)12-42-26(21(38)24(28)34-2)45-23-19(36-27(39)29(41)8-15(31)9-29)7-18(33)22(20(23)37)44-25-17(32)4-3-16(43-25)11-35-10-13-5-14(30)6-13/h3,13-15,17-26,34-35,37-38,40-41H,4-12,30-33H2,1-2H3,(H,36,39)/t13?,14?,15?,17-,18+,19-,20+,21-,22-,23+,24-,25-,26-,28+,29?/m1/s1. The molecule has 4 fully saturated rings. The van der Waals surface area contributed by atoms with E-state index in [0.29, 0.717) is 24.6 Å². The Labute approximate surface area is 263 Å². The lowest BCUT2D eigenvalue weighted by atomic mass is 9.75. The van der Waals surface area contributed by atoms with Crippen LogP contribution in [-0.4, -0.2) is 138 Å². The van der Waals surface area contributed by atoms with Crippen LogP contribution >= 0.6 is 0 Å². The third-order valence-electron chi connectivity index (χ3n) is 9.92. The third kappa shape index (κ3) is 7.64. The third-order valence-corrected chi connectivity index (χ3v) is 9.92. The molecule has 45 heavy (non-hydrogen) atoms. The summed E-state index contributed by atoms with van der Waals surface area (Å²) in [5, 5.41) is 53.2. The van der Waals surface area contributed by atoms with Crippen molar-refractivity contribution in [2.75, 3.05) is 26.7 Å². The second-order valence-corrected chi connectivity index (χ2v) is 13.9. The molecule has 1 saturated heterocycles. The molecule has 3 saturated carbocycles. The molecule has 0 aromatic rings. The van der Waals surface area contributed by atoms with Crippen molar-refractivity contribution in [2.45, 2.75) is 130 Å². The van der Waals surface area contributed by atoms with Crippen LogP contribution in [0.15, 0.2) is 11.8 Å². The smallest absolute Gasteiger partial charge is 0.252 e. The second-order valence-electron chi connectivity index (χ2n) is 13.9. The van der Waals surface area contributed by atoms with Gasteiger partial charge in [-0.2, -0.15) is 0 Å². The van der Waals surface area contributed by atoms with Crippen LogP contribution in [0.3, 0.4) is 0 Å². The van der Waals surface area contributed by atoms with Gasteiger partial charge in [0.05, 0.1) is 31.3 Å². The fourth-order valence-electron chi connectivity index (χ4n) is 7.17. The number of carbonyl (C=O) groups excluding carboxylic acids is 1. The Hall–Kier alpha value is -1.51. The van der Waals surface area contributed by atoms with Gasteiger partial charge in [0.1, 0.15) is 41.4 Å². The summed E-state index contributed by atoms with van der Waals surface area (Å²) in [7, 11) is 1.59. The number of hydrogen-bond donors (Lipinski definition) is 11. The maximum Gasteiger partial charge on any atom is 0.252 e. The Morgan fingerprint density at radius 1 is 1.00 bits per heavy atom. The highest BCUT2D eigenvalue weighted by molar-refractivity contribution is 5.86. The Kier molecular flexibility index (Phi) is 10.8. The van der Waals surface area contributed by atoms with Crippen LogP contribution in [0.5, 0.6) is 0 Å². The maximum atomic E-state index is 13.1. The first-order valence-electron chi connectivity index (χ1n) is 16.0. The summed E-state index contributed by atoms with van der Waals surface area (Å²) in [6.45, 7) is 2.66. The summed E-state index contributed by atoms with van der Waals surface area (Å²) in [6, 6.07) is -3.06. The van der Waals surface area contributed by atoms with Crippen LogP contribution in [0.1, 0.15) is 45.4 Å². The van der Waals surface area contributed by atoms with E-state index in [2.05, 4.69) is 16.0 Å². The number of nitrogens with two attached hydrogens (primary N) is 4. The van der Waals surface area contributed by atoms with Crippen molar-refractivity contribution < 1.29 is 44.2 Å². The topological polar surface area (TPSA) is 275 Å². The molecule has 0 unspecified atom stereocenters. The average molecular weight is 644 g/mol. The van der Waals surface area contributed by atoms with Crippen molar-refractivity contribution >= 4 is 5.91 Å². The minimum absolute atomic E-state index is 0.0893. The number of nitrogens with one attached hydrogen (secondary N) is 3. The highest BCUT2D eigenvalue weighted by Gasteiger charge is 2.54. The molecule has 0 radical (unpaired) electrons. The van der Waals surface area contributed by atoms with Gasteiger partial charge in [-0.25, -0.2) is 0 Å². The molecular formula is C29H53N7O9. The molecule has 16 nitrogen and oxygen atoms in total. The van der Waals surface area contributed by atoms with Crippen LogP contribution in [0.2, 0.25) is 0 Å². The minimum atomic E-state index is -1.65. The van der Waals surface area contributed by atoms with Gasteiger partial charge in [0, 0.05) is 31.0 Å². The van der Waals surface area contributed by atoms with Gasteiger partial charge in [-0.1, -0.05) is 0 Å². The van der Waals surface area contributed by atoms with Crippen LogP contribution in [0.25, 0.3) is 0 Å². The summed E-state index contributed by atoms with van der Waals surface area (Å²) in [6.07, 6.45) is -2.53. The summed E-state index contributed by atoms with van der Waals surface area (Å²) in [4.78, 5) is 13.1. The molecule has 15 N–H and O–H groups in total. The van der Waals surface area contributed by atoms with Crippen LogP contribution < -0.4 is 38.9 Å². The van der Waals surface area contributed by atoms with E-state index < -0.39 is 78.3 Å². The van der Waals surface area contributed by atoms with Crippen LogP contribution in [-0.2, 0) is 23.7 Å². The Balaban J connectivity index is 1.27. The second kappa shape index (κ2) is 13.9. The lowest BCUT2D eigenvalue weighted by Gasteiger charge is -2.49. The molecule has 16 heteroatoms. The molecule has 11 atom stereocenters. The number of hydrogen-bond acceptors (Lipinski definition) is 15. The average Bonchev–Trinajstić information content (AvgIpc) is 2.93. The SMILES string of the molecule is CN[C@@H]1[C@@H](O)[C@@H](O[C@@H]2[C@@H](O)[C@H](O[C@H]3OC(CNCC4CC(N)C4)=CC[C@H]3N)[C@@H](N)C[C@H]2NC(=O)C2(O)CC(N)C2)OC[C@]1(C)O. The van der Waals surface area contributed by atoms with Crippen molar-refractivity contribution in [3.05, 3.63) is 11.8 Å².